The van der Waals surface area contributed by atoms with Gasteiger partial charge in [0.25, 0.3) is 0 Å². The van der Waals surface area contributed by atoms with Gasteiger partial charge in [-0.25, -0.2) is 23.7 Å². The zero-order valence-corrected chi connectivity index (χ0v) is 22.8. The normalized spacial score (nSPS) is 11.0. The number of hydrogen-bond acceptors (Lipinski definition) is 8. The second kappa shape index (κ2) is 11.5. The van der Waals surface area contributed by atoms with Crippen LogP contribution >= 0.6 is 0 Å². The molecule has 41 heavy (non-hydrogen) atoms. The molecule has 0 aliphatic rings. The molecule has 0 saturated heterocycles. The topological polar surface area (TPSA) is 116 Å². The maximum Gasteiger partial charge on any atom is 0.222 e. The van der Waals surface area contributed by atoms with Crippen molar-refractivity contribution in [1.29, 1.82) is 0 Å². The maximum absolute atomic E-state index is 14.9. The molecule has 0 aliphatic carbocycles. The van der Waals surface area contributed by atoms with Gasteiger partial charge in [0.15, 0.2) is 17.4 Å². The number of ether oxygens (including phenoxy) is 2. The molecule has 5 rings (SSSR count). The summed E-state index contributed by atoms with van der Waals surface area (Å²) in [6, 6.07) is 11.4. The molecule has 0 fully saturated rings. The molecular formula is C29H27F2N7O3. The van der Waals surface area contributed by atoms with Gasteiger partial charge < -0.3 is 20.1 Å². The predicted octanol–water partition coefficient (Wildman–Crippen LogP) is 5.63. The molecule has 2 N–H and O–H groups in total. The highest BCUT2D eigenvalue weighted by atomic mass is 19.1. The Morgan fingerprint density at radius 3 is 2.54 bits per heavy atom. The molecule has 0 unspecified atom stereocenters. The fourth-order valence-electron chi connectivity index (χ4n) is 4.36. The van der Waals surface area contributed by atoms with Crippen molar-refractivity contribution in [3.63, 3.8) is 0 Å². The predicted molar refractivity (Wildman–Crippen MR) is 151 cm³/mol. The Labute approximate surface area is 234 Å². The first-order chi connectivity index (χ1) is 19.8. The molecule has 0 saturated carbocycles. The summed E-state index contributed by atoms with van der Waals surface area (Å²) in [5.41, 5.74) is 2.26. The number of halogens is 2. The van der Waals surface area contributed by atoms with Gasteiger partial charge in [0.2, 0.25) is 5.91 Å². The molecule has 0 spiro atoms. The Hall–Kier alpha value is -5.13. The molecule has 3 aromatic heterocycles. The van der Waals surface area contributed by atoms with Crippen molar-refractivity contribution in [3.05, 3.63) is 77.6 Å². The zero-order valence-electron chi connectivity index (χ0n) is 22.8. The molecule has 0 atom stereocenters. The lowest BCUT2D eigenvalue weighted by Crippen LogP contribution is -2.10. The molecule has 2 aromatic carbocycles. The lowest BCUT2D eigenvalue weighted by molar-refractivity contribution is -0.114. The Bertz CT molecular complexity index is 1730. The van der Waals surface area contributed by atoms with E-state index in [-0.39, 0.29) is 29.6 Å². The monoisotopic (exact) mass is 559 g/mol. The van der Waals surface area contributed by atoms with Crippen LogP contribution < -0.4 is 20.1 Å². The van der Waals surface area contributed by atoms with Crippen LogP contribution in [0.5, 0.6) is 11.5 Å². The van der Waals surface area contributed by atoms with Crippen LogP contribution in [0.4, 0.5) is 26.1 Å². The van der Waals surface area contributed by atoms with Crippen molar-refractivity contribution in [1.82, 2.24) is 24.7 Å². The van der Waals surface area contributed by atoms with Gasteiger partial charge in [-0.2, -0.15) is 5.10 Å². The molecule has 1 amide bonds. The van der Waals surface area contributed by atoms with Crippen LogP contribution in [0.3, 0.4) is 0 Å². The molecule has 0 aliphatic heterocycles. The number of hydrogen-bond donors (Lipinski definition) is 2. The Morgan fingerprint density at radius 2 is 1.83 bits per heavy atom. The van der Waals surface area contributed by atoms with Crippen LogP contribution in [-0.4, -0.2) is 44.4 Å². The fraction of sp³-hybridized carbons (Fsp3) is 0.207. The molecule has 12 heteroatoms. The molecule has 0 radical (unpaired) electrons. The van der Waals surface area contributed by atoms with Gasteiger partial charge in [0.1, 0.15) is 28.9 Å². The molecule has 10 nitrogen and oxygen atoms in total. The lowest BCUT2D eigenvalue weighted by Gasteiger charge is -2.14. The van der Waals surface area contributed by atoms with Crippen LogP contribution in [0.2, 0.25) is 0 Å². The molecule has 210 valence electrons. The molecule has 5 aromatic rings. The number of aromatic nitrogens is 5. The van der Waals surface area contributed by atoms with Crippen molar-refractivity contribution >= 4 is 34.1 Å². The first kappa shape index (κ1) is 27.4. The average Bonchev–Trinajstić information content (AvgIpc) is 3.31. The smallest absolute Gasteiger partial charge is 0.222 e. The number of methoxy groups -OCH3 is 1. The maximum atomic E-state index is 14.9. The fourth-order valence-corrected chi connectivity index (χ4v) is 4.36. The summed E-state index contributed by atoms with van der Waals surface area (Å²) in [5, 5.41) is 11.3. The second-order valence-corrected chi connectivity index (χ2v) is 9.07. The van der Waals surface area contributed by atoms with Gasteiger partial charge in [-0.05, 0) is 26.0 Å². The molecular weight excluding hydrogens is 532 g/mol. The number of anilines is 3. The van der Waals surface area contributed by atoms with E-state index in [1.165, 1.54) is 24.9 Å². The Kier molecular flexibility index (Phi) is 7.72. The minimum atomic E-state index is -0.729. The Balaban J connectivity index is 1.55. The number of pyridine rings is 1. The van der Waals surface area contributed by atoms with Gasteiger partial charge in [0, 0.05) is 47.5 Å². The van der Waals surface area contributed by atoms with Gasteiger partial charge in [0.05, 0.1) is 32.0 Å². The van der Waals surface area contributed by atoms with Crippen molar-refractivity contribution in [2.75, 3.05) is 24.4 Å². The van der Waals surface area contributed by atoms with E-state index in [0.717, 1.165) is 12.1 Å². The first-order valence-electron chi connectivity index (χ1n) is 12.8. The van der Waals surface area contributed by atoms with Crippen LogP contribution in [0.1, 0.15) is 25.0 Å². The summed E-state index contributed by atoms with van der Waals surface area (Å²) in [6.07, 6.45) is 3.07. The Morgan fingerprint density at radius 1 is 1.07 bits per heavy atom. The van der Waals surface area contributed by atoms with E-state index in [2.05, 4.69) is 30.7 Å². The van der Waals surface area contributed by atoms with Crippen molar-refractivity contribution < 1.29 is 23.0 Å². The summed E-state index contributed by atoms with van der Waals surface area (Å²) in [5.74, 6) is -0.180. The first-order valence-corrected chi connectivity index (χ1v) is 12.8. The van der Waals surface area contributed by atoms with Crippen LogP contribution in [0.25, 0.3) is 22.4 Å². The van der Waals surface area contributed by atoms with E-state index >= 15 is 0 Å². The summed E-state index contributed by atoms with van der Waals surface area (Å²) in [4.78, 5) is 24.9. The van der Waals surface area contributed by atoms with Crippen LogP contribution in [-0.2, 0) is 11.3 Å². The third-order valence-corrected chi connectivity index (χ3v) is 6.33. The quantitative estimate of drug-likeness (QED) is 0.239. The highest BCUT2D eigenvalue weighted by Crippen LogP contribution is 2.33. The van der Waals surface area contributed by atoms with E-state index in [9.17, 15) is 13.6 Å². The van der Waals surface area contributed by atoms with Crippen LogP contribution in [0, 0.1) is 18.6 Å². The van der Waals surface area contributed by atoms with E-state index in [4.69, 9.17) is 9.47 Å². The lowest BCUT2D eigenvalue weighted by atomic mass is 10.1. The zero-order chi connectivity index (χ0) is 29.1. The summed E-state index contributed by atoms with van der Waals surface area (Å²) in [7, 11) is 1.50. The number of benzene rings is 2. The van der Waals surface area contributed by atoms with Gasteiger partial charge in [-0.1, -0.05) is 18.2 Å². The number of amides is 1. The van der Waals surface area contributed by atoms with Gasteiger partial charge in [-0.3, -0.25) is 9.48 Å². The van der Waals surface area contributed by atoms with Crippen LogP contribution in [0.15, 0.2) is 54.9 Å². The van der Waals surface area contributed by atoms with Crippen molar-refractivity contribution in [3.8, 4) is 23.0 Å². The number of nitrogens with one attached hydrogen (secondary N) is 2. The van der Waals surface area contributed by atoms with E-state index in [1.807, 2.05) is 31.2 Å². The number of carbonyl (C=O) groups excluding carboxylic acids is 1. The van der Waals surface area contributed by atoms with Crippen molar-refractivity contribution in [2.24, 2.45) is 0 Å². The van der Waals surface area contributed by atoms with E-state index in [1.54, 1.807) is 19.2 Å². The molecule has 0 bridgehead atoms. The summed E-state index contributed by atoms with van der Waals surface area (Å²) in [6.45, 7) is 5.09. The second-order valence-electron chi connectivity index (χ2n) is 9.07. The van der Waals surface area contributed by atoms with Gasteiger partial charge in [-0.15, -0.1) is 0 Å². The summed E-state index contributed by atoms with van der Waals surface area (Å²) < 4.78 is 42.0. The third kappa shape index (κ3) is 5.62. The molecule has 3 heterocycles. The minimum Gasteiger partial charge on any atom is -0.494 e. The van der Waals surface area contributed by atoms with Crippen molar-refractivity contribution in [2.45, 2.75) is 27.3 Å². The van der Waals surface area contributed by atoms with Gasteiger partial charge >= 0.3 is 0 Å². The number of fused-ring (bicyclic) bond motifs is 1. The number of nitrogens with zero attached hydrogens (tertiary/aromatic N) is 5. The number of rotatable bonds is 9. The highest BCUT2D eigenvalue weighted by molar-refractivity contribution is 5.92. The highest BCUT2D eigenvalue weighted by Gasteiger charge is 2.20. The number of carbonyl (C=O) groups is 1. The number of para-hydroxylation sites is 1. The SMILES string of the molecule is CCOc1cc(F)c(Cn2nc(-c3ncc(OC)c(Nc4ccnc(NC(C)=O)c4C)n3)c3ccccc32)c(F)c1. The van der Waals surface area contributed by atoms with E-state index < -0.39 is 11.6 Å². The average molecular weight is 560 g/mol. The largest absolute Gasteiger partial charge is 0.494 e. The van der Waals surface area contributed by atoms with E-state index in [0.29, 0.717) is 51.8 Å². The third-order valence-electron chi connectivity index (χ3n) is 6.33. The standard InChI is InChI=1S/C29H27F2N7O3/c1-5-41-18-12-21(30)20(22(31)13-18)15-38-24-9-7-6-8-19(24)26(37-38)29-33-14-25(40-4)28(36-29)35-23-10-11-32-27(16(23)2)34-17(3)39/h6-14H,5,15H2,1-4H3,(H2,32,33,34,35,36,39). The minimum absolute atomic E-state index is 0.123. The summed E-state index contributed by atoms with van der Waals surface area (Å²) >= 11 is 0.